The SMILES string of the molecule is COc1ccccc1[C@@H]1CN(C(=O)c2ccccc2)C[C@H]1C(=O)NCc1cccnc1. The summed E-state index contributed by atoms with van der Waals surface area (Å²) in [7, 11) is 1.62. The molecule has 2 atom stereocenters. The predicted molar refractivity (Wildman–Crippen MR) is 118 cm³/mol. The molecule has 0 radical (unpaired) electrons. The lowest BCUT2D eigenvalue weighted by Gasteiger charge is -2.20. The van der Waals surface area contributed by atoms with Crippen LogP contribution < -0.4 is 10.1 Å². The van der Waals surface area contributed by atoms with Crippen molar-refractivity contribution >= 4 is 11.8 Å². The fourth-order valence-corrected chi connectivity index (χ4v) is 4.11. The second kappa shape index (κ2) is 9.43. The number of benzene rings is 2. The summed E-state index contributed by atoms with van der Waals surface area (Å²) in [5.41, 5.74) is 2.49. The highest BCUT2D eigenvalue weighted by atomic mass is 16.5. The highest BCUT2D eigenvalue weighted by Gasteiger charge is 2.41. The summed E-state index contributed by atoms with van der Waals surface area (Å²) in [6.45, 7) is 1.21. The Balaban J connectivity index is 1.58. The van der Waals surface area contributed by atoms with Gasteiger partial charge in [0.1, 0.15) is 5.75 Å². The summed E-state index contributed by atoms with van der Waals surface area (Å²) in [4.78, 5) is 32.1. The molecule has 1 fully saturated rings. The maximum absolute atomic E-state index is 13.2. The molecule has 158 valence electrons. The van der Waals surface area contributed by atoms with Crippen molar-refractivity contribution in [1.82, 2.24) is 15.2 Å². The van der Waals surface area contributed by atoms with Crippen LogP contribution in [0.2, 0.25) is 0 Å². The number of para-hydroxylation sites is 1. The molecule has 1 N–H and O–H groups in total. The number of pyridine rings is 1. The summed E-state index contributed by atoms with van der Waals surface area (Å²) in [5.74, 6) is 0.0519. The van der Waals surface area contributed by atoms with E-state index in [4.69, 9.17) is 4.74 Å². The van der Waals surface area contributed by atoms with Crippen LogP contribution in [0.25, 0.3) is 0 Å². The number of hydrogen-bond acceptors (Lipinski definition) is 4. The Morgan fingerprint density at radius 3 is 2.55 bits per heavy atom. The number of hydrogen-bond donors (Lipinski definition) is 1. The molecule has 1 aliphatic rings. The zero-order chi connectivity index (χ0) is 21.6. The number of likely N-dealkylation sites (tertiary alicyclic amines) is 1. The van der Waals surface area contributed by atoms with Crippen LogP contribution in [0.4, 0.5) is 0 Å². The highest BCUT2D eigenvalue weighted by Crippen LogP contribution is 2.38. The first-order chi connectivity index (χ1) is 15.2. The van der Waals surface area contributed by atoms with Gasteiger partial charge in [-0.25, -0.2) is 0 Å². The maximum atomic E-state index is 13.2. The van der Waals surface area contributed by atoms with Crippen LogP contribution in [-0.2, 0) is 11.3 Å². The van der Waals surface area contributed by atoms with Crippen molar-refractivity contribution in [1.29, 1.82) is 0 Å². The molecule has 4 rings (SSSR count). The zero-order valence-corrected chi connectivity index (χ0v) is 17.4. The first-order valence-corrected chi connectivity index (χ1v) is 10.3. The number of ether oxygens (including phenoxy) is 1. The molecule has 0 aliphatic carbocycles. The van der Waals surface area contributed by atoms with Crippen LogP contribution in [0.1, 0.15) is 27.4 Å². The van der Waals surface area contributed by atoms with Crippen LogP contribution in [0.15, 0.2) is 79.1 Å². The average molecular weight is 415 g/mol. The molecule has 0 unspecified atom stereocenters. The fourth-order valence-electron chi connectivity index (χ4n) is 4.11. The van der Waals surface area contributed by atoms with E-state index < -0.39 is 0 Å². The largest absolute Gasteiger partial charge is 0.496 e. The van der Waals surface area contributed by atoms with Gasteiger partial charge in [0.25, 0.3) is 5.91 Å². The minimum Gasteiger partial charge on any atom is -0.496 e. The van der Waals surface area contributed by atoms with E-state index in [0.717, 1.165) is 16.9 Å². The Bertz CT molecular complexity index is 1040. The Labute approximate surface area is 181 Å². The molecule has 6 nitrogen and oxygen atoms in total. The van der Waals surface area contributed by atoms with Crippen molar-refractivity contribution < 1.29 is 14.3 Å². The van der Waals surface area contributed by atoms with E-state index in [1.54, 1.807) is 36.5 Å². The third kappa shape index (κ3) is 4.58. The van der Waals surface area contributed by atoms with E-state index in [-0.39, 0.29) is 23.7 Å². The summed E-state index contributed by atoms with van der Waals surface area (Å²) < 4.78 is 5.55. The van der Waals surface area contributed by atoms with Gasteiger partial charge in [0, 0.05) is 43.5 Å². The number of methoxy groups -OCH3 is 1. The second-order valence-corrected chi connectivity index (χ2v) is 7.61. The number of nitrogens with one attached hydrogen (secondary N) is 1. The Morgan fingerprint density at radius 2 is 1.81 bits per heavy atom. The van der Waals surface area contributed by atoms with Crippen LogP contribution in [0.3, 0.4) is 0 Å². The second-order valence-electron chi connectivity index (χ2n) is 7.61. The minimum atomic E-state index is -0.374. The lowest BCUT2D eigenvalue weighted by Crippen LogP contribution is -2.35. The van der Waals surface area contributed by atoms with Gasteiger partial charge in [-0.05, 0) is 35.4 Å². The fraction of sp³-hybridized carbons (Fsp3) is 0.240. The first-order valence-electron chi connectivity index (χ1n) is 10.3. The van der Waals surface area contributed by atoms with Crippen molar-refractivity contribution in [2.24, 2.45) is 5.92 Å². The van der Waals surface area contributed by atoms with Gasteiger partial charge < -0.3 is 15.0 Å². The van der Waals surface area contributed by atoms with E-state index in [2.05, 4.69) is 10.3 Å². The van der Waals surface area contributed by atoms with E-state index in [1.165, 1.54) is 0 Å². The van der Waals surface area contributed by atoms with Gasteiger partial charge in [-0.15, -0.1) is 0 Å². The summed E-state index contributed by atoms with van der Waals surface area (Å²) >= 11 is 0. The average Bonchev–Trinajstić information content (AvgIpc) is 3.28. The zero-order valence-electron chi connectivity index (χ0n) is 17.4. The molecule has 2 heterocycles. The summed E-state index contributed by atoms with van der Waals surface area (Å²) in [5, 5.41) is 3.02. The lowest BCUT2D eigenvalue weighted by atomic mass is 9.87. The van der Waals surface area contributed by atoms with Gasteiger partial charge in [-0.1, -0.05) is 42.5 Å². The van der Waals surface area contributed by atoms with Crippen molar-refractivity contribution in [2.75, 3.05) is 20.2 Å². The summed E-state index contributed by atoms with van der Waals surface area (Å²) in [6, 6.07) is 20.6. The third-order valence-corrected chi connectivity index (χ3v) is 5.69. The van der Waals surface area contributed by atoms with Crippen LogP contribution >= 0.6 is 0 Å². The molecule has 6 heteroatoms. The predicted octanol–water partition coefficient (Wildman–Crippen LogP) is 3.26. The van der Waals surface area contributed by atoms with E-state index in [9.17, 15) is 9.59 Å². The molecule has 0 saturated carbocycles. The van der Waals surface area contributed by atoms with Crippen molar-refractivity contribution in [3.05, 3.63) is 95.8 Å². The Hall–Kier alpha value is -3.67. The number of nitrogens with zero attached hydrogens (tertiary/aromatic N) is 2. The Morgan fingerprint density at radius 1 is 1.03 bits per heavy atom. The molecular weight excluding hydrogens is 390 g/mol. The van der Waals surface area contributed by atoms with E-state index in [1.807, 2.05) is 54.6 Å². The quantitative estimate of drug-likeness (QED) is 0.671. The first kappa shape index (κ1) is 20.6. The number of carbonyl (C=O) groups is 2. The van der Waals surface area contributed by atoms with Crippen molar-refractivity contribution in [3.63, 3.8) is 0 Å². The van der Waals surface area contributed by atoms with Crippen molar-refractivity contribution in [2.45, 2.75) is 12.5 Å². The van der Waals surface area contributed by atoms with Crippen LogP contribution in [0.5, 0.6) is 5.75 Å². The Kier molecular flexibility index (Phi) is 6.26. The van der Waals surface area contributed by atoms with Gasteiger partial charge in [0.15, 0.2) is 0 Å². The standard InChI is InChI=1S/C25H25N3O3/c1-31-23-12-6-5-11-20(23)21-16-28(25(30)19-9-3-2-4-10-19)17-22(21)24(29)27-15-18-8-7-13-26-14-18/h2-14,21-22H,15-17H2,1H3,(H,27,29)/t21-,22+/m0/s1. The van der Waals surface area contributed by atoms with Gasteiger partial charge >= 0.3 is 0 Å². The van der Waals surface area contributed by atoms with Gasteiger partial charge in [0.05, 0.1) is 13.0 Å². The van der Waals surface area contributed by atoms with Gasteiger partial charge in [0.2, 0.25) is 5.91 Å². The molecule has 2 amide bonds. The van der Waals surface area contributed by atoms with E-state index in [0.29, 0.717) is 25.2 Å². The smallest absolute Gasteiger partial charge is 0.253 e. The third-order valence-electron chi connectivity index (χ3n) is 5.69. The minimum absolute atomic E-state index is 0.0666. The summed E-state index contributed by atoms with van der Waals surface area (Å²) in [6.07, 6.45) is 3.44. The molecule has 2 aromatic carbocycles. The molecule has 0 spiro atoms. The molecule has 1 saturated heterocycles. The molecule has 0 bridgehead atoms. The topological polar surface area (TPSA) is 71.5 Å². The van der Waals surface area contributed by atoms with E-state index >= 15 is 0 Å². The van der Waals surface area contributed by atoms with Gasteiger partial charge in [-0.2, -0.15) is 0 Å². The molecular formula is C25H25N3O3. The van der Waals surface area contributed by atoms with Crippen LogP contribution in [0, 0.1) is 5.92 Å². The van der Waals surface area contributed by atoms with Crippen molar-refractivity contribution in [3.8, 4) is 5.75 Å². The molecule has 31 heavy (non-hydrogen) atoms. The maximum Gasteiger partial charge on any atom is 0.253 e. The lowest BCUT2D eigenvalue weighted by molar-refractivity contribution is -0.125. The normalized spacial score (nSPS) is 17.9. The number of rotatable bonds is 6. The number of aromatic nitrogens is 1. The number of carbonyl (C=O) groups excluding carboxylic acids is 2. The highest BCUT2D eigenvalue weighted by molar-refractivity contribution is 5.95. The molecule has 1 aromatic heterocycles. The number of amides is 2. The van der Waals surface area contributed by atoms with Gasteiger partial charge in [-0.3, -0.25) is 14.6 Å². The molecule has 1 aliphatic heterocycles. The van der Waals surface area contributed by atoms with Crippen LogP contribution in [-0.4, -0.2) is 41.9 Å². The molecule has 3 aromatic rings. The monoisotopic (exact) mass is 415 g/mol.